The number of carbonyl (C=O) groups excluding carboxylic acids is 2. The van der Waals surface area contributed by atoms with Crippen LogP contribution < -0.4 is 9.47 Å². The van der Waals surface area contributed by atoms with Gasteiger partial charge in [0.25, 0.3) is 11.7 Å². The number of rotatable bonds is 6. The van der Waals surface area contributed by atoms with Crippen LogP contribution in [-0.4, -0.2) is 46.0 Å². The second kappa shape index (κ2) is 9.04. The van der Waals surface area contributed by atoms with Gasteiger partial charge in [0, 0.05) is 18.9 Å². The number of nitrogens with zero attached hydrogens (tertiary/aromatic N) is 2. The van der Waals surface area contributed by atoms with Crippen LogP contribution in [0, 0.1) is 0 Å². The topological polar surface area (TPSA) is 109 Å². The third-order valence-corrected chi connectivity index (χ3v) is 5.49. The maximum Gasteiger partial charge on any atom is 0.295 e. The minimum absolute atomic E-state index is 0.0393. The van der Waals surface area contributed by atoms with Crippen molar-refractivity contribution < 1.29 is 29.3 Å². The van der Waals surface area contributed by atoms with E-state index in [1.807, 2.05) is 0 Å². The molecule has 1 saturated heterocycles. The Morgan fingerprint density at radius 2 is 1.82 bits per heavy atom. The number of carbonyl (C=O) groups is 2. The first-order valence-corrected chi connectivity index (χ1v) is 10.1. The summed E-state index contributed by atoms with van der Waals surface area (Å²) in [5.74, 6) is -1.15. The van der Waals surface area contributed by atoms with Gasteiger partial charge in [-0.15, -0.1) is 0 Å². The molecule has 0 bridgehead atoms. The Morgan fingerprint density at radius 3 is 2.45 bits per heavy atom. The van der Waals surface area contributed by atoms with E-state index in [0.717, 1.165) is 5.56 Å². The summed E-state index contributed by atoms with van der Waals surface area (Å²) in [6.07, 6.45) is 3.22. The Balaban J connectivity index is 1.91. The summed E-state index contributed by atoms with van der Waals surface area (Å²) in [5.41, 5.74) is 1.42. The molecule has 0 spiro atoms. The van der Waals surface area contributed by atoms with Gasteiger partial charge in [0.15, 0.2) is 0 Å². The summed E-state index contributed by atoms with van der Waals surface area (Å²) < 4.78 is 10.6. The maximum absolute atomic E-state index is 13.2. The zero-order valence-corrected chi connectivity index (χ0v) is 18.1. The largest absolute Gasteiger partial charge is 0.508 e. The molecule has 1 fully saturated rings. The highest BCUT2D eigenvalue weighted by atomic mass is 16.5. The molecule has 33 heavy (non-hydrogen) atoms. The molecule has 2 N–H and O–H groups in total. The number of amides is 1. The van der Waals surface area contributed by atoms with Gasteiger partial charge in [-0.25, -0.2) is 0 Å². The van der Waals surface area contributed by atoms with Crippen molar-refractivity contribution in [3.8, 4) is 17.2 Å². The van der Waals surface area contributed by atoms with Crippen LogP contribution in [0.2, 0.25) is 0 Å². The predicted molar refractivity (Wildman–Crippen MR) is 120 cm³/mol. The number of aromatic hydroxyl groups is 1. The van der Waals surface area contributed by atoms with Crippen molar-refractivity contribution in [2.45, 2.75) is 12.6 Å². The van der Waals surface area contributed by atoms with Crippen LogP contribution in [0.15, 0.2) is 72.6 Å². The number of hydrogen-bond acceptors (Lipinski definition) is 7. The van der Waals surface area contributed by atoms with E-state index in [9.17, 15) is 19.8 Å². The van der Waals surface area contributed by atoms with E-state index in [0.29, 0.717) is 17.1 Å². The van der Waals surface area contributed by atoms with Crippen molar-refractivity contribution in [3.63, 3.8) is 0 Å². The molecule has 2 heterocycles. The summed E-state index contributed by atoms with van der Waals surface area (Å²) in [5, 5.41) is 21.0. The van der Waals surface area contributed by atoms with E-state index in [4.69, 9.17) is 9.47 Å². The molecule has 0 aliphatic carbocycles. The molecule has 1 aromatic heterocycles. The van der Waals surface area contributed by atoms with Crippen LogP contribution in [-0.2, 0) is 16.1 Å². The first-order chi connectivity index (χ1) is 15.9. The maximum atomic E-state index is 13.2. The number of ketones is 1. The number of ether oxygens (including phenoxy) is 2. The molecule has 8 heteroatoms. The predicted octanol–water partition coefficient (Wildman–Crippen LogP) is 3.43. The molecule has 1 aliphatic rings. The first-order valence-electron chi connectivity index (χ1n) is 10.1. The van der Waals surface area contributed by atoms with E-state index >= 15 is 0 Å². The number of pyridine rings is 1. The Morgan fingerprint density at radius 1 is 1.06 bits per heavy atom. The SMILES string of the molecule is COc1ccc(OC)c(/C(O)=C2\C(=O)C(=O)N(Cc3cccnc3)C2c2ccc(O)cc2)c1. The van der Waals surface area contributed by atoms with Gasteiger partial charge in [-0.2, -0.15) is 0 Å². The second-order valence-electron chi connectivity index (χ2n) is 7.45. The number of methoxy groups -OCH3 is 2. The van der Waals surface area contributed by atoms with Gasteiger partial charge in [0.2, 0.25) is 0 Å². The average Bonchev–Trinajstić information content (AvgIpc) is 3.09. The third-order valence-electron chi connectivity index (χ3n) is 5.49. The van der Waals surface area contributed by atoms with E-state index in [-0.39, 0.29) is 29.2 Å². The molecule has 8 nitrogen and oxygen atoms in total. The lowest BCUT2D eigenvalue weighted by atomic mass is 9.94. The summed E-state index contributed by atoms with van der Waals surface area (Å²) in [7, 11) is 2.92. The molecule has 1 atom stereocenters. The van der Waals surface area contributed by atoms with Crippen LogP contribution in [0.1, 0.15) is 22.7 Å². The lowest BCUT2D eigenvalue weighted by Crippen LogP contribution is -2.29. The van der Waals surface area contributed by atoms with Crippen molar-refractivity contribution in [2.75, 3.05) is 14.2 Å². The van der Waals surface area contributed by atoms with Crippen molar-refractivity contribution in [1.29, 1.82) is 0 Å². The fourth-order valence-electron chi connectivity index (χ4n) is 3.88. The fraction of sp³-hybridized carbons (Fsp3) is 0.160. The van der Waals surface area contributed by atoms with Crippen LogP contribution in [0.5, 0.6) is 17.2 Å². The van der Waals surface area contributed by atoms with Gasteiger partial charge in [-0.1, -0.05) is 18.2 Å². The lowest BCUT2D eigenvalue weighted by Gasteiger charge is -2.25. The molecule has 2 aromatic carbocycles. The summed E-state index contributed by atoms with van der Waals surface area (Å²) in [4.78, 5) is 31.7. The average molecular weight is 446 g/mol. The van der Waals surface area contributed by atoms with Gasteiger partial charge < -0.3 is 24.6 Å². The van der Waals surface area contributed by atoms with Crippen molar-refractivity contribution in [2.24, 2.45) is 0 Å². The lowest BCUT2D eigenvalue weighted by molar-refractivity contribution is -0.140. The zero-order valence-electron chi connectivity index (χ0n) is 18.1. The highest BCUT2D eigenvalue weighted by molar-refractivity contribution is 6.46. The van der Waals surface area contributed by atoms with E-state index in [2.05, 4.69) is 4.98 Å². The summed E-state index contributed by atoms with van der Waals surface area (Å²) in [6, 6.07) is 13.6. The quantitative estimate of drug-likeness (QED) is 0.339. The Hall–Kier alpha value is -4.33. The van der Waals surface area contributed by atoms with Crippen molar-refractivity contribution in [1.82, 2.24) is 9.88 Å². The molecule has 1 amide bonds. The number of aliphatic hydroxyl groups excluding tert-OH is 1. The van der Waals surface area contributed by atoms with E-state index < -0.39 is 17.7 Å². The van der Waals surface area contributed by atoms with E-state index in [1.165, 1.54) is 37.3 Å². The first kappa shape index (κ1) is 21.9. The van der Waals surface area contributed by atoms with Crippen molar-refractivity contribution in [3.05, 3.63) is 89.3 Å². The van der Waals surface area contributed by atoms with Gasteiger partial charge in [-0.3, -0.25) is 14.6 Å². The van der Waals surface area contributed by atoms with E-state index in [1.54, 1.807) is 48.8 Å². The monoisotopic (exact) mass is 446 g/mol. The standard InChI is InChI=1S/C25H22N2O6/c1-32-18-9-10-20(33-2)19(12-18)23(29)21-22(16-5-7-17(28)8-6-16)27(25(31)24(21)30)14-15-4-3-11-26-13-15/h3-13,22,28-29H,14H2,1-2H3/b23-21+. The zero-order chi connectivity index (χ0) is 23.5. The minimum atomic E-state index is -0.887. The summed E-state index contributed by atoms with van der Waals surface area (Å²) in [6.45, 7) is 0.107. The molecule has 0 saturated carbocycles. The number of phenols is 1. The highest BCUT2D eigenvalue weighted by Crippen LogP contribution is 2.42. The molecule has 1 aliphatic heterocycles. The number of aromatic nitrogens is 1. The smallest absolute Gasteiger partial charge is 0.295 e. The summed E-state index contributed by atoms with van der Waals surface area (Å²) >= 11 is 0. The molecule has 0 radical (unpaired) electrons. The van der Waals surface area contributed by atoms with Crippen LogP contribution >= 0.6 is 0 Å². The molecule has 1 unspecified atom stereocenters. The number of likely N-dealkylation sites (tertiary alicyclic amines) is 1. The second-order valence-corrected chi connectivity index (χ2v) is 7.45. The minimum Gasteiger partial charge on any atom is -0.508 e. The Kier molecular flexibility index (Phi) is 5.99. The van der Waals surface area contributed by atoms with Crippen LogP contribution in [0.4, 0.5) is 0 Å². The molecular weight excluding hydrogens is 424 g/mol. The number of phenolic OH excluding ortho intramolecular Hbond substituents is 1. The normalized spacial score (nSPS) is 17.3. The van der Waals surface area contributed by atoms with Gasteiger partial charge >= 0.3 is 0 Å². The molecule has 4 rings (SSSR count). The number of benzene rings is 2. The third kappa shape index (κ3) is 4.10. The van der Waals surface area contributed by atoms with Gasteiger partial charge in [0.05, 0.1) is 31.4 Å². The Bertz CT molecular complexity index is 1220. The number of aliphatic hydroxyl groups is 1. The molecule has 3 aromatic rings. The van der Waals surface area contributed by atoms with Gasteiger partial charge in [0.1, 0.15) is 23.0 Å². The fourth-order valence-corrected chi connectivity index (χ4v) is 3.88. The number of Topliss-reactive ketones (excluding diaryl/α,β-unsaturated/α-hetero) is 1. The van der Waals surface area contributed by atoms with Crippen LogP contribution in [0.3, 0.4) is 0 Å². The Labute approximate surface area is 190 Å². The molecular formula is C25H22N2O6. The highest BCUT2D eigenvalue weighted by Gasteiger charge is 2.46. The van der Waals surface area contributed by atoms with Gasteiger partial charge in [-0.05, 0) is 47.5 Å². The van der Waals surface area contributed by atoms with Crippen molar-refractivity contribution >= 4 is 17.4 Å². The number of hydrogen-bond donors (Lipinski definition) is 2. The van der Waals surface area contributed by atoms with Crippen LogP contribution in [0.25, 0.3) is 5.76 Å². The molecule has 168 valence electrons.